The van der Waals surface area contributed by atoms with Crippen molar-refractivity contribution in [3.8, 4) is 0 Å². The molecule has 0 aromatic heterocycles. The van der Waals surface area contributed by atoms with Crippen LogP contribution in [0.15, 0.2) is 36.4 Å². The Morgan fingerprint density at radius 3 is 2.22 bits per heavy atom. The number of aliphatic hydroxyl groups is 1. The second-order valence-electron chi connectivity index (χ2n) is 6.21. The highest BCUT2D eigenvalue weighted by molar-refractivity contribution is 6.35. The summed E-state index contributed by atoms with van der Waals surface area (Å²) in [6.07, 6.45) is 4.24. The highest BCUT2D eigenvalue weighted by Gasteiger charge is 2.16. The van der Waals surface area contributed by atoms with Gasteiger partial charge in [-0.2, -0.15) is 0 Å². The normalized spacial score (nSPS) is 12.9. The Morgan fingerprint density at radius 2 is 1.57 bits per heavy atom. The Kier molecular flexibility index (Phi) is 7.35. The maximum Gasteiger partial charge on any atom is 0.0922 e. The zero-order valence-corrected chi connectivity index (χ0v) is 15.0. The van der Waals surface area contributed by atoms with E-state index in [1.54, 1.807) is 0 Å². The van der Waals surface area contributed by atoms with E-state index in [1.165, 1.54) is 25.7 Å². The van der Waals surface area contributed by atoms with Gasteiger partial charge in [-0.25, -0.2) is 0 Å². The lowest BCUT2D eigenvalue weighted by Crippen LogP contribution is -2.30. The topological polar surface area (TPSA) is 23.5 Å². The number of rotatable bonds is 9. The predicted molar refractivity (Wildman–Crippen MR) is 100 cm³/mol. The van der Waals surface area contributed by atoms with Crippen LogP contribution in [-0.4, -0.2) is 29.6 Å². The minimum Gasteiger partial charge on any atom is -0.387 e. The van der Waals surface area contributed by atoms with E-state index in [1.807, 2.05) is 36.4 Å². The molecule has 3 heteroatoms. The summed E-state index contributed by atoms with van der Waals surface area (Å²) in [7, 11) is 0. The number of fused-ring (bicyclic) bond motifs is 1. The highest BCUT2D eigenvalue weighted by atomic mass is 35.5. The van der Waals surface area contributed by atoms with Gasteiger partial charge in [0.25, 0.3) is 0 Å². The number of nitrogens with zero attached hydrogens (tertiary/aromatic N) is 1. The zero-order chi connectivity index (χ0) is 16.7. The Balaban J connectivity index is 2.18. The van der Waals surface area contributed by atoms with Gasteiger partial charge in [0.05, 0.1) is 6.10 Å². The van der Waals surface area contributed by atoms with Crippen LogP contribution >= 0.6 is 11.6 Å². The third-order valence-electron chi connectivity index (χ3n) is 4.35. The highest BCUT2D eigenvalue weighted by Crippen LogP contribution is 2.29. The predicted octanol–water partition coefficient (Wildman–Crippen LogP) is 5.43. The van der Waals surface area contributed by atoms with Crippen LogP contribution in [0.5, 0.6) is 0 Å². The standard InChI is InChI=1S/C20H28ClNO/c1-3-5-13-22(14-6-4-2)15-20(23)18-11-7-10-17-16(18)9-8-12-19(17)21/h7-12,20,23H,3-6,13-15H2,1-2H3/t20-/m1/s1. The molecule has 0 heterocycles. The van der Waals surface area contributed by atoms with Crippen LogP contribution < -0.4 is 0 Å². The molecule has 2 aromatic carbocycles. The summed E-state index contributed by atoms with van der Waals surface area (Å²) in [4.78, 5) is 2.39. The molecule has 0 saturated carbocycles. The number of halogens is 1. The molecule has 0 aliphatic carbocycles. The van der Waals surface area contributed by atoms with Crippen LogP contribution in [0.2, 0.25) is 5.02 Å². The van der Waals surface area contributed by atoms with Crippen LogP contribution in [-0.2, 0) is 0 Å². The molecule has 1 atom stereocenters. The molecule has 0 saturated heterocycles. The van der Waals surface area contributed by atoms with Gasteiger partial charge in [-0.3, -0.25) is 0 Å². The molecule has 2 aromatic rings. The van der Waals surface area contributed by atoms with Crippen molar-refractivity contribution in [1.82, 2.24) is 4.90 Å². The number of unbranched alkanes of at least 4 members (excludes halogenated alkanes) is 2. The average molecular weight is 334 g/mol. The first-order chi connectivity index (χ1) is 11.2. The summed E-state index contributed by atoms with van der Waals surface area (Å²) in [6.45, 7) is 7.21. The van der Waals surface area contributed by atoms with Crippen molar-refractivity contribution in [3.05, 3.63) is 47.0 Å². The summed E-state index contributed by atoms with van der Waals surface area (Å²) in [5.74, 6) is 0. The SMILES string of the molecule is CCCCN(CCCC)C[C@@H](O)c1cccc2c(Cl)cccc12. The first-order valence-corrected chi connectivity index (χ1v) is 9.12. The first-order valence-electron chi connectivity index (χ1n) is 8.75. The smallest absolute Gasteiger partial charge is 0.0922 e. The molecule has 0 bridgehead atoms. The number of benzene rings is 2. The molecule has 2 rings (SSSR count). The van der Waals surface area contributed by atoms with E-state index in [4.69, 9.17) is 11.6 Å². The van der Waals surface area contributed by atoms with Gasteiger partial charge in [0.15, 0.2) is 0 Å². The van der Waals surface area contributed by atoms with Gasteiger partial charge >= 0.3 is 0 Å². The van der Waals surface area contributed by atoms with Crippen LogP contribution in [0.3, 0.4) is 0 Å². The maximum absolute atomic E-state index is 10.8. The molecule has 0 aliphatic heterocycles. The molecule has 0 fully saturated rings. The Labute approximate surface area is 145 Å². The quantitative estimate of drug-likeness (QED) is 0.661. The fourth-order valence-corrected chi connectivity index (χ4v) is 3.22. The van der Waals surface area contributed by atoms with Gasteiger partial charge in [-0.1, -0.05) is 68.6 Å². The van der Waals surface area contributed by atoms with E-state index in [2.05, 4.69) is 18.7 Å². The van der Waals surface area contributed by atoms with Gasteiger partial charge < -0.3 is 10.0 Å². The third kappa shape index (κ3) is 4.94. The minimum absolute atomic E-state index is 0.481. The van der Waals surface area contributed by atoms with Crippen LogP contribution in [0.25, 0.3) is 10.8 Å². The molecular weight excluding hydrogens is 306 g/mol. The lowest BCUT2D eigenvalue weighted by molar-refractivity contribution is 0.112. The largest absolute Gasteiger partial charge is 0.387 e. The van der Waals surface area contributed by atoms with E-state index in [9.17, 15) is 5.11 Å². The molecule has 0 radical (unpaired) electrons. The van der Waals surface area contributed by atoms with Gasteiger partial charge in [-0.15, -0.1) is 0 Å². The summed E-state index contributed by atoms with van der Waals surface area (Å²) < 4.78 is 0. The average Bonchev–Trinajstić information content (AvgIpc) is 2.57. The van der Waals surface area contributed by atoms with Crippen LogP contribution in [0.1, 0.15) is 51.2 Å². The van der Waals surface area contributed by atoms with Gasteiger partial charge in [0.2, 0.25) is 0 Å². The molecule has 0 aliphatic rings. The number of aliphatic hydroxyl groups excluding tert-OH is 1. The van der Waals surface area contributed by atoms with E-state index in [0.717, 1.165) is 34.4 Å². The number of hydrogen-bond donors (Lipinski definition) is 1. The van der Waals surface area contributed by atoms with Crippen molar-refractivity contribution in [1.29, 1.82) is 0 Å². The van der Waals surface area contributed by atoms with Gasteiger partial charge in [0.1, 0.15) is 0 Å². The van der Waals surface area contributed by atoms with Crippen LogP contribution in [0.4, 0.5) is 0 Å². The Hall–Kier alpha value is -1.09. The van der Waals surface area contributed by atoms with Crippen molar-refractivity contribution in [2.24, 2.45) is 0 Å². The first kappa shape index (κ1) is 18.3. The fourth-order valence-electron chi connectivity index (χ4n) is 2.99. The summed E-state index contributed by atoms with van der Waals surface area (Å²) >= 11 is 6.28. The van der Waals surface area contributed by atoms with Crippen molar-refractivity contribution in [3.63, 3.8) is 0 Å². The molecule has 1 N–H and O–H groups in total. The van der Waals surface area contributed by atoms with E-state index in [0.29, 0.717) is 6.54 Å². The molecule has 0 unspecified atom stereocenters. The fraction of sp³-hybridized carbons (Fsp3) is 0.500. The van der Waals surface area contributed by atoms with Crippen molar-refractivity contribution < 1.29 is 5.11 Å². The molecule has 2 nitrogen and oxygen atoms in total. The molecule has 0 spiro atoms. The van der Waals surface area contributed by atoms with Gasteiger partial charge in [0, 0.05) is 17.0 Å². The van der Waals surface area contributed by atoms with Gasteiger partial charge in [-0.05, 0) is 42.9 Å². The summed E-state index contributed by atoms with van der Waals surface area (Å²) in [5.41, 5.74) is 0.975. The van der Waals surface area contributed by atoms with Crippen LogP contribution in [0, 0.1) is 0 Å². The van der Waals surface area contributed by atoms with Crippen molar-refractivity contribution in [2.75, 3.05) is 19.6 Å². The molecule has 23 heavy (non-hydrogen) atoms. The molecular formula is C20H28ClNO. The summed E-state index contributed by atoms with van der Waals surface area (Å²) in [5, 5.41) is 13.6. The lowest BCUT2D eigenvalue weighted by Gasteiger charge is -2.25. The Bertz CT molecular complexity index is 606. The third-order valence-corrected chi connectivity index (χ3v) is 4.68. The second-order valence-corrected chi connectivity index (χ2v) is 6.61. The maximum atomic E-state index is 10.8. The summed E-state index contributed by atoms with van der Waals surface area (Å²) in [6, 6.07) is 11.9. The van der Waals surface area contributed by atoms with Crippen molar-refractivity contribution >= 4 is 22.4 Å². The molecule has 126 valence electrons. The molecule has 0 amide bonds. The van der Waals surface area contributed by atoms with Crippen molar-refractivity contribution in [2.45, 2.75) is 45.6 Å². The Morgan fingerprint density at radius 1 is 0.957 bits per heavy atom. The zero-order valence-electron chi connectivity index (χ0n) is 14.3. The lowest BCUT2D eigenvalue weighted by atomic mass is 10.00. The second kappa shape index (κ2) is 9.27. The monoisotopic (exact) mass is 333 g/mol. The van der Waals surface area contributed by atoms with E-state index < -0.39 is 6.10 Å². The minimum atomic E-state index is -0.481. The number of hydrogen-bond acceptors (Lipinski definition) is 2. The van der Waals surface area contributed by atoms with E-state index in [-0.39, 0.29) is 0 Å². The van der Waals surface area contributed by atoms with E-state index >= 15 is 0 Å².